The zero-order valence-corrected chi connectivity index (χ0v) is 23.4. The number of nitrogens with zero attached hydrogens (tertiary/aromatic N) is 2. The van der Waals surface area contributed by atoms with Crippen LogP contribution in [0.15, 0.2) is 48.5 Å². The van der Waals surface area contributed by atoms with Gasteiger partial charge in [-0.25, -0.2) is 4.39 Å². The molecule has 2 aromatic rings. The van der Waals surface area contributed by atoms with E-state index in [1.54, 1.807) is 13.8 Å². The Morgan fingerprint density at radius 3 is 2.13 bits per heavy atom. The summed E-state index contributed by atoms with van der Waals surface area (Å²) in [4.78, 5) is 4.36. The van der Waals surface area contributed by atoms with Crippen LogP contribution in [0.25, 0.3) is 11.1 Å². The first-order valence-corrected chi connectivity index (χ1v) is 14.3. The predicted molar refractivity (Wildman–Crippen MR) is 156 cm³/mol. The molecule has 0 aromatic heterocycles. The molecule has 0 atom stereocenters. The molecule has 0 bridgehead atoms. The molecule has 2 heterocycles. The number of rotatable bonds is 12. The van der Waals surface area contributed by atoms with Gasteiger partial charge in [-0.3, -0.25) is 0 Å². The third-order valence-electron chi connectivity index (χ3n) is 7.63. The summed E-state index contributed by atoms with van der Waals surface area (Å²) < 4.78 is 25.4. The molecule has 1 radical (unpaired) electrons. The third-order valence-corrected chi connectivity index (χ3v) is 7.63. The summed E-state index contributed by atoms with van der Waals surface area (Å²) in [5.41, 5.74) is 2.56. The van der Waals surface area contributed by atoms with Crippen LogP contribution in [0.2, 0.25) is 0 Å². The van der Waals surface area contributed by atoms with Crippen molar-refractivity contribution in [2.24, 2.45) is 5.92 Å². The second-order valence-corrected chi connectivity index (χ2v) is 11.4. The van der Waals surface area contributed by atoms with Gasteiger partial charge in [-0.1, -0.05) is 12.1 Å². The Bertz CT molecular complexity index is 993. The monoisotopic (exact) mass is 520 g/mol. The molecular formula is C31H44BFN3O2. The van der Waals surface area contributed by atoms with Crippen molar-refractivity contribution in [2.45, 2.75) is 64.7 Å². The third kappa shape index (κ3) is 8.84. The number of likely N-dealkylation sites (tertiary alicyclic amines) is 2. The van der Waals surface area contributed by atoms with E-state index in [9.17, 15) is 4.39 Å². The van der Waals surface area contributed by atoms with Crippen LogP contribution in [-0.2, 0) is 11.3 Å². The fourth-order valence-corrected chi connectivity index (χ4v) is 5.42. The molecule has 1 N–H and O–H groups in total. The zero-order chi connectivity index (χ0) is 27.0. The molecule has 2 fully saturated rings. The van der Waals surface area contributed by atoms with E-state index in [0.717, 1.165) is 70.8 Å². The van der Waals surface area contributed by atoms with Crippen molar-refractivity contribution in [3.05, 3.63) is 54.1 Å². The van der Waals surface area contributed by atoms with E-state index >= 15 is 0 Å². The van der Waals surface area contributed by atoms with Gasteiger partial charge in [0.2, 0.25) is 0 Å². The Labute approximate surface area is 229 Å². The molecule has 0 saturated carbocycles. The van der Waals surface area contributed by atoms with Crippen molar-refractivity contribution < 1.29 is 13.9 Å². The number of halogens is 1. The SMILES string of the molecule is [B]=C(OCC)N1CCC(NCc2ccc(-c3ccc(OCC4CCN(CC(C)(C)F)CC4)cc3)cc2)CC1. The van der Waals surface area contributed by atoms with E-state index in [1.807, 2.05) is 6.92 Å². The van der Waals surface area contributed by atoms with E-state index in [1.165, 1.54) is 16.7 Å². The minimum absolute atomic E-state index is 0.503. The van der Waals surface area contributed by atoms with Gasteiger partial charge in [-0.2, -0.15) is 0 Å². The molecule has 2 aromatic carbocycles. The zero-order valence-electron chi connectivity index (χ0n) is 23.4. The van der Waals surface area contributed by atoms with E-state index < -0.39 is 5.67 Å². The van der Waals surface area contributed by atoms with Gasteiger partial charge in [-0.05, 0) is 57.8 Å². The van der Waals surface area contributed by atoms with Crippen molar-refractivity contribution in [1.29, 1.82) is 0 Å². The van der Waals surface area contributed by atoms with Gasteiger partial charge in [0.05, 0.1) is 6.61 Å². The van der Waals surface area contributed by atoms with Crippen molar-refractivity contribution in [3.8, 4) is 16.9 Å². The number of hydrogen-bond donors (Lipinski definition) is 1. The predicted octanol–water partition coefficient (Wildman–Crippen LogP) is 5.04. The van der Waals surface area contributed by atoms with Crippen LogP contribution in [0.1, 0.15) is 52.0 Å². The molecule has 2 saturated heterocycles. The summed E-state index contributed by atoms with van der Waals surface area (Å²) in [6, 6.07) is 17.7. The van der Waals surface area contributed by atoms with E-state index in [-0.39, 0.29) is 0 Å². The van der Waals surface area contributed by atoms with Gasteiger partial charge in [-0.15, -0.1) is 0 Å². The van der Waals surface area contributed by atoms with Crippen LogP contribution >= 0.6 is 0 Å². The van der Waals surface area contributed by atoms with Gasteiger partial charge in [0.15, 0.2) is 0 Å². The summed E-state index contributed by atoms with van der Waals surface area (Å²) in [6.07, 6.45) is 4.26. The van der Waals surface area contributed by atoms with E-state index in [0.29, 0.717) is 30.9 Å². The second kappa shape index (κ2) is 13.6. The first-order chi connectivity index (χ1) is 18.3. The van der Waals surface area contributed by atoms with Crippen molar-refractivity contribution >= 4 is 13.3 Å². The van der Waals surface area contributed by atoms with Crippen molar-refractivity contribution in [2.75, 3.05) is 45.9 Å². The summed E-state index contributed by atoms with van der Waals surface area (Å²) in [5, 5.41) is 3.70. The van der Waals surface area contributed by atoms with Gasteiger partial charge in [0.1, 0.15) is 11.4 Å². The number of alkyl halides is 1. The minimum atomic E-state index is -1.13. The van der Waals surface area contributed by atoms with E-state index in [2.05, 4.69) is 63.6 Å². The van der Waals surface area contributed by atoms with Gasteiger partial charge in [0.25, 0.3) is 0 Å². The van der Waals surface area contributed by atoms with Crippen LogP contribution in [0.3, 0.4) is 0 Å². The van der Waals surface area contributed by atoms with Crippen LogP contribution < -0.4 is 10.1 Å². The van der Waals surface area contributed by atoms with Crippen LogP contribution in [0.4, 0.5) is 4.39 Å². The molecular weight excluding hydrogens is 476 g/mol. The molecule has 2 aliphatic heterocycles. The number of piperidine rings is 2. The van der Waals surface area contributed by atoms with Gasteiger partial charge in [0, 0.05) is 6.54 Å². The first kappa shape index (κ1) is 28.6. The average Bonchev–Trinajstić information content (AvgIpc) is 2.92. The Morgan fingerprint density at radius 2 is 1.55 bits per heavy atom. The number of hydrogen-bond acceptors (Lipinski definition) is 5. The Hall–Kier alpha value is -2.38. The van der Waals surface area contributed by atoms with Gasteiger partial charge >= 0.3 is 121 Å². The number of benzene rings is 2. The average molecular weight is 521 g/mol. The van der Waals surface area contributed by atoms with Crippen molar-refractivity contribution in [1.82, 2.24) is 15.1 Å². The summed E-state index contributed by atoms with van der Waals surface area (Å²) in [6.45, 7) is 11.8. The molecule has 0 amide bonds. The van der Waals surface area contributed by atoms with Gasteiger partial charge < -0.3 is 9.64 Å². The fraction of sp³-hybridized carbons (Fsp3) is 0.581. The molecule has 7 heteroatoms. The van der Waals surface area contributed by atoms with E-state index in [4.69, 9.17) is 17.0 Å². The first-order valence-electron chi connectivity index (χ1n) is 14.3. The molecule has 0 aliphatic carbocycles. The standard InChI is InChI=1S/C31H44BFN3O2/c1-4-37-30(32)36-19-15-28(16-20-36)34-21-24-5-7-26(8-6-24)27-9-11-29(12-10-27)38-22-25-13-17-35(18-14-25)23-31(2,3)33/h5-12,25,28,34H,4,13-23H2,1-3H3. The maximum absolute atomic E-state index is 13.9. The normalized spacial score (nSPS) is 17.9. The Kier molecular flexibility index (Phi) is 10.3. The van der Waals surface area contributed by atoms with Crippen molar-refractivity contribution in [3.63, 3.8) is 0 Å². The number of nitrogens with one attached hydrogen (secondary N) is 1. The molecule has 38 heavy (non-hydrogen) atoms. The molecule has 5 nitrogen and oxygen atoms in total. The summed E-state index contributed by atoms with van der Waals surface area (Å²) >= 11 is 0. The Morgan fingerprint density at radius 1 is 0.947 bits per heavy atom. The molecule has 0 unspecified atom stereocenters. The Balaban J connectivity index is 1.17. The van der Waals surface area contributed by atoms with Crippen LogP contribution in [0.5, 0.6) is 5.75 Å². The molecule has 0 spiro atoms. The fourth-order valence-electron chi connectivity index (χ4n) is 5.42. The van der Waals surface area contributed by atoms with Crippen LogP contribution in [-0.4, -0.2) is 80.7 Å². The second-order valence-electron chi connectivity index (χ2n) is 11.4. The topological polar surface area (TPSA) is 37.0 Å². The maximum atomic E-state index is 13.9. The summed E-state index contributed by atoms with van der Waals surface area (Å²) in [5.74, 6) is 2.00. The molecule has 4 rings (SSSR count). The molecule has 205 valence electrons. The molecule has 2 aliphatic rings. The quantitative estimate of drug-likeness (QED) is 0.397. The number of ether oxygens (including phenoxy) is 2. The summed E-state index contributed by atoms with van der Waals surface area (Å²) in [7, 11) is 5.99. The van der Waals surface area contributed by atoms with Crippen LogP contribution in [0, 0.1) is 5.92 Å².